The van der Waals surface area contributed by atoms with Crippen LogP contribution in [0.2, 0.25) is 0 Å². The SMILES string of the molecule is CCOC(=O)CC[C@H](NC(=O)[C@@H]1CCCO1)C(=O)O. The van der Waals surface area contributed by atoms with Gasteiger partial charge in [-0.15, -0.1) is 0 Å². The van der Waals surface area contributed by atoms with E-state index < -0.39 is 30.0 Å². The van der Waals surface area contributed by atoms with Gasteiger partial charge in [0.15, 0.2) is 0 Å². The van der Waals surface area contributed by atoms with Crippen LogP contribution in [0.15, 0.2) is 0 Å². The summed E-state index contributed by atoms with van der Waals surface area (Å²) in [6.07, 6.45) is 0.766. The molecule has 1 aliphatic heterocycles. The van der Waals surface area contributed by atoms with Crippen molar-refractivity contribution >= 4 is 17.8 Å². The summed E-state index contributed by atoms with van der Waals surface area (Å²) in [6, 6.07) is -1.10. The Bertz CT molecular complexity index is 337. The molecule has 1 heterocycles. The number of aliphatic carboxylic acids is 1. The number of carboxylic acids is 1. The third-order valence-electron chi connectivity index (χ3n) is 2.78. The number of carboxylic acid groups (broad SMARTS) is 1. The molecule has 0 bridgehead atoms. The highest BCUT2D eigenvalue weighted by atomic mass is 16.5. The summed E-state index contributed by atoms with van der Waals surface area (Å²) in [7, 11) is 0. The Hall–Kier alpha value is -1.63. The lowest BCUT2D eigenvalue weighted by Crippen LogP contribution is -2.45. The summed E-state index contributed by atoms with van der Waals surface area (Å²) in [5.74, 6) is -2.08. The van der Waals surface area contributed by atoms with Gasteiger partial charge in [-0.1, -0.05) is 0 Å². The molecular formula is C12H19NO6. The number of carbonyl (C=O) groups is 3. The zero-order valence-corrected chi connectivity index (χ0v) is 10.9. The average molecular weight is 273 g/mol. The monoisotopic (exact) mass is 273 g/mol. The van der Waals surface area contributed by atoms with Crippen molar-refractivity contribution in [3.63, 3.8) is 0 Å². The zero-order chi connectivity index (χ0) is 14.3. The average Bonchev–Trinajstić information content (AvgIpc) is 2.88. The zero-order valence-electron chi connectivity index (χ0n) is 10.9. The smallest absolute Gasteiger partial charge is 0.326 e. The van der Waals surface area contributed by atoms with E-state index in [2.05, 4.69) is 5.32 Å². The maximum absolute atomic E-state index is 11.7. The van der Waals surface area contributed by atoms with Crippen molar-refractivity contribution < 1.29 is 29.0 Å². The van der Waals surface area contributed by atoms with Crippen molar-refractivity contribution in [2.75, 3.05) is 13.2 Å². The molecule has 0 saturated carbocycles. The lowest BCUT2D eigenvalue weighted by molar-refractivity contribution is -0.146. The normalized spacial score (nSPS) is 19.7. The highest BCUT2D eigenvalue weighted by Crippen LogP contribution is 2.12. The molecule has 19 heavy (non-hydrogen) atoms. The first-order chi connectivity index (χ1) is 9.04. The fraction of sp³-hybridized carbons (Fsp3) is 0.750. The predicted molar refractivity (Wildman–Crippen MR) is 64.4 cm³/mol. The van der Waals surface area contributed by atoms with Crippen molar-refractivity contribution in [2.24, 2.45) is 0 Å². The number of hydrogen-bond acceptors (Lipinski definition) is 5. The lowest BCUT2D eigenvalue weighted by Gasteiger charge is -2.16. The second-order valence-electron chi connectivity index (χ2n) is 4.24. The van der Waals surface area contributed by atoms with Crippen LogP contribution in [-0.4, -0.2) is 48.3 Å². The molecule has 1 saturated heterocycles. The van der Waals surface area contributed by atoms with Crippen LogP contribution < -0.4 is 5.32 Å². The fourth-order valence-corrected chi connectivity index (χ4v) is 1.80. The van der Waals surface area contributed by atoms with Crippen LogP contribution in [0.1, 0.15) is 32.6 Å². The summed E-state index contributed by atoms with van der Waals surface area (Å²) in [4.78, 5) is 33.9. The largest absolute Gasteiger partial charge is 0.480 e. The second kappa shape index (κ2) is 7.73. The van der Waals surface area contributed by atoms with Crippen molar-refractivity contribution in [2.45, 2.75) is 44.8 Å². The number of carbonyl (C=O) groups excluding carboxylic acids is 2. The molecule has 0 aliphatic carbocycles. The van der Waals surface area contributed by atoms with Gasteiger partial charge in [-0.05, 0) is 26.2 Å². The topological polar surface area (TPSA) is 102 Å². The quantitative estimate of drug-likeness (QED) is 0.637. The maximum atomic E-state index is 11.7. The number of esters is 1. The Labute approximate surface area is 111 Å². The van der Waals surface area contributed by atoms with Crippen LogP contribution in [0.25, 0.3) is 0 Å². The molecule has 0 radical (unpaired) electrons. The molecule has 1 aliphatic rings. The van der Waals surface area contributed by atoms with E-state index >= 15 is 0 Å². The van der Waals surface area contributed by atoms with Crippen molar-refractivity contribution in [1.29, 1.82) is 0 Å². The fourth-order valence-electron chi connectivity index (χ4n) is 1.80. The van der Waals surface area contributed by atoms with Crippen LogP contribution in [-0.2, 0) is 23.9 Å². The van der Waals surface area contributed by atoms with Gasteiger partial charge in [0.25, 0.3) is 0 Å². The van der Waals surface area contributed by atoms with E-state index in [4.69, 9.17) is 14.6 Å². The molecule has 7 nitrogen and oxygen atoms in total. The molecule has 1 rings (SSSR count). The molecule has 0 aromatic heterocycles. The Morgan fingerprint density at radius 1 is 1.47 bits per heavy atom. The minimum absolute atomic E-state index is 0.00657. The summed E-state index contributed by atoms with van der Waals surface area (Å²) >= 11 is 0. The van der Waals surface area contributed by atoms with Crippen molar-refractivity contribution in [3.05, 3.63) is 0 Å². The molecule has 0 spiro atoms. The van der Waals surface area contributed by atoms with E-state index in [1.807, 2.05) is 0 Å². The molecule has 0 unspecified atom stereocenters. The van der Waals surface area contributed by atoms with Gasteiger partial charge in [-0.3, -0.25) is 9.59 Å². The lowest BCUT2D eigenvalue weighted by atomic mass is 10.1. The molecule has 1 fully saturated rings. The van der Waals surface area contributed by atoms with Crippen LogP contribution in [0.3, 0.4) is 0 Å². The first-order valence-corrected chi connectivity index (χ1v) is 6.35. The molecule has 2 N–H and O–H groups in total. The highest BCUT2D eigenvalue weighted by Gasteiger charge is 2.28. The second-order valence-corrected chi connectivity index (χ2v) is 4.24. The van der Waals surface area contributed by atoms with Gasteiger partial charge < -0.3 is 19.9 Å². The molecule has 7 heteroatoms. The predicted octanol–water partition coefficient (Wildman–Crippen LogP) is 0.0781. The summed E-state index contributed by atoms with van der Waals surface area (Å²) in [6.45, 7) is 2.43. The van der Waals surface area contributed by atoms with E-state index in [1.54, 1.807) is 6.92 Å². The summed E-state index contributed by atoms with van der Waals surface area (Å²) < 4.78 is 9.87. The van der Waals surface area contributed by atoms with Gasteiger partial charge >= 0.3 is 11.9 Å². The van der Waals surface area contributed by atoms with Gasteiger partial charge in [0.1, 0.15) is 12.1 Å². The Morgan fingerprint density at radius 2 is 2.21 bits per heavy atom. The number of rotatable bonds is 7. The van der Waals surface area contributed by atoms with Gasteiger partial charge in [-0.2, -0.15) is 0 Å². The van der Waals surface area contributed by atoms with Crippen molar-refractivity contribution in [1.82, 2.24) is 5.32 Å². The third kappa shape index (κ3) is 5.25. The van der Waals surface area contributed by atoms with E-state index in [-0.39, 0.29) is 19.4 Å². The van der Waals surface area contributed by atoms with E-state index in [0.29, 0.717) is 13.0 Å². The molecule has 108 valence electrons. The van der Waals surface area contributed by atoms with E-state index in [0.717, 1.165) is 6.42 Å². The Kier molecular flexibility index (Phi) is 6.27. The first kappa shape index (κ1) is 15.4. The van der Waals surface area contributed by atoms with E-state index in [1.165, 1.54) is 0 Å². The van der Waals surface area contributed by atoms with Gasteiger partial charge in [0, 0.05) is 13.0 Å². The molecule has 2 atom stereocenters. The minimum Gasteiger partial charge on any atom is -0.480 e. The molecule has 0 aromatic carbocycles. The van der Waals surface area contributed by atoms with Crippen LogP contribution in [0.5, 0.6) is 0 Å². The number of amides is 1. The van der Waals surface area contributed by atoms with Gasteiger partial charge in [-0.25, -0.2) is 4.79 Å². The molecular weight excluding hydrogens is 254 g/mol. The first-order valence-electron chi connectivity index (χ1n) is 6.35. The number of ether oxygens (including phenoxy) is 2. The molecule has 1 amide bonds. The molecule has 0 aromatic rings. The van der Waals surface area contributed by atoms with Crippen LogP contribution in [0.4, 0.5) is 0 Å². The van der Waals surface area contributed by atoms with Gasteiger partial charge in [0.05, 0.1) is 6.61 Å². The van der Waals surface area contributed by atoms with Gasteiger partial charge in [0.2, 0.25) is 5.91 Å². The van der Waals surface area contributed by atoms with Crippen LogP contribution >= 0.6 is 0 Å². The van der Waals surface area contributed by atoms with Crippen molar-refractivity contribution in [3.8, 4) is 0 Å². The summed E-state index contributed by atoms with van der Waals surface area (Å²) in [5, 5.41) is 11.4. The minimum atomic E-state index is -1.17. The highest BCUT2D eigenvalue weighted by molar-refractivity contribution is 5.86. The third-order valence-corrected chi connectivity index (χ3v) is 2.78. The van der Waals surface area contributed by atoms with E-state index in [9.17, 15) is 14.4 Å². The maximum Gasteiger partial charge on any atom is 0.326 e. The Morgan fingerprint density at radius 3 is 2.74 bits per heavy atom. The number of nitrogens with one attached hydrogen (secondary N) is 1. The standard InChI is InChI=1S/C12H19NO6/c1-2-18-10(14)6-5-8(12(16)17)13-11(15)9-4-3-7-19-9/h8-9H,2-7H2,1H3,(H,13,15)(H,16,17)/t8-,9-/m0/s1. The summed E-state index contributed by atoms with van der Waals surface area (Å²) in [5.41, 5.74) is 0. The Balaban J connectivity index is 2.41. The number of hydrogen-bond donors (Lipinski definition) is 2. The van der Waals surface area contributed by atoms with Crippen LogP contribution in [0, 0.1) is 0 Å².